The Bertz CT molecular complexity index is 350. The van der Waals surface area contributed by atoms with Crippen LogP contribution in [0.5, 0.6) is 0 Å². The molecule has 0 aliphatic carbocycles. The van der Waals surface area contributed by atoms with Crippen LogP contribution in [0, 0.1) is 5.82 Å². The number of hydrogen-bond donors (Lipinski definition) is 1. The summed E-state index contributed by atoms with van der Waals surface area (Å²) in [6, 6.07) is 4.34. The van der Waals surface area contributed by atoms with Gasteiger partial charge in [0.25, 0.3) is 0 Å². The van der Waals surface area contributed by atoms with E-state index in [2.05, 4.69) is 10.1 Å². The summed E-state index contributed by atoms with van der Waals surface area (Å²) in [5, 5.41) is 2.29. The van der Waals surface area contributed by atoms with Gasteiger partial charge >= 0.3 is 5.97 Å². The molecule has 0 aromatic heterocycles. The lowest BCUT2D eigenvalue weighted by Gasteiger charge is -2.13. The van der Waals surface area contributed by atoms with Gasteiger partial charge < -0.3 is 10.1 Å². The van der Waals surface area contributed by atoms with Crippen molar-refractivity contribution in [2.75, 3.05) is 7.11 Å². The molecule has 0 saturated carbocycles. The van der Waals surface area contributed by atoms with Gasteiger partial charge in [-0.05, 0) is 17.7 Å². The van der Waals surface area contributed by atoms with Crippen LogP contribution in [-0.2, 0) is 14.3 Å². The van der Waals surface area contributed by atoms with E-state index in [1.54, 1.807) is 0 Å². The Morgan fingerprint density at radius 1 is 1.47 bits per heavy atom. The van der Waals surface area contributed by atoms with Crippen LogP contribution in [0.3, 0.4) is 0 Å². The van der Waals surface area contributed by atoms with E-state index < -0.39 is 17.8 Å². The Balaban J connectivity index is 2.93. The van der Waals surface area contributed by atoms with Crippen LogP contribution in [0.15, 0.2) is 24.3 Å². The van der Waals surface area contributed by atoms with Gasteiger partial charge in [0.2, 0.25) is 6.41 Å². The van der Waals surface area contributed by atoms with Crippen molar-refractivity contribution < 1.29 is 18.7 Å². The van der Waals surface area contributed by atoms with Crippen LogP contribution in [0.4, 0.5) is 4.39 Å². The Kier molecular flexibility index (Phi) is 3.79. The quantitative estimate of drug-likeness (QED) is 0.591. The molecule has 0 saturated heterocycles. The second kappa shape index (κ2) is 5.09. The smallest absolute Gasteiger partial charge is 0.333 e. The monoisotopic (exact) mass is 211 g/mol. The van der Waals surface area contributed by atoms with Gasteiger partial charge in [-0.1, -0.05) is 12.1 Å². The lowest BCUT2D eigenvalue weighted by molar-refractivity contribution is -0.144. The minimum absolute atomic E-state index is 0.394. The second-order valence-electron chi connectivity index (χ2n) is 2.79. The summed E-state index contributed by atoms with van der Waals surface area (Å²) >= 11 is 0. The number of carbonyl (C=O) groups excluding carboxylic acids is 2. The average Bonchev–Trinajstić information content (AvgIpc) is 2.26. The number of ether oxygens (including phenoxy) is 1. The summed E-state index contributed by atoms with van der Waals surface area (Å²) in [5.74, 6) is -1.01. The minimum Gasteiger partial charge on any atom is -0.467 e. The average molecular weight is 211 g/mol. The number of methoxy groups -OCH3 is 1. The molecule has 1 rings (SSSR count). The van der Waals surface area contributed by atoms with Crippen LogP contribution >= 0.6 is 0 Å². The minimum atomic E-state index is -0.895. The van der Waals surface area contributed by atoms with Crippen molar-refractivity contribution in [3.8, 4) is 0 Å². The van der Waals surface area contributed by atoms with Crippen LogP contribution in [0.1, 0.15) is 11.6 Å². The molecule has 1 N–H and O–H groups in total. The molecule has 0 fully saturated rings. The first kappa shape index (κ1) is 11.2. The Morgan fingerprint density at radius 2 is 2.07 bits per heavy atom. The molecule has 80 valence electrons. The van der Waals surface area contributed by atoms with Crippen molar-refractivity contribution >= 4 is 12.4 Å². The zero-order chi connectivity index (χ0) is 11.3. The highest BCUT2D eigenvalue weighted by Crippen LogP contribution is 2.14. The molecular weight excluding hydrogens is 201 g/mol. The molecule has 5 heteroatoms. The molecule has 0 aliphatic heterocycles. The van der Waals surface area contributed by atoms with Crippen LogP contribution in [-0.4, -0.2) is 19.5 Å². The fourth-order valence-electron chi connectivity index (χ4n) is 1.14. The van der Waals surface area contributed by atoms with Crippen molar-refractivity contribution in [1.29, 1.82) is 0 Å². The first-order chi connectivity index (χ1) is 7.19. The van der Waals surface area contributed by atoms with E-state index in [9.17, 15) is 14.0 Å². The maximum absolute atomic E-state index is 12.6. The molecule has 1 atom stereocenters. The molecular formula is C10H10FNO3. The molecule has 0 radical (unpaired) electrons. The van der Waals surface area contributed by atoms with E-state index in [0.717, 1.165) is 0 Å². The zero-order valence-electron chi connectivity index (χ0n) is 8.07. The summed E-state index contributed by atoms with van der Waals surface area (Å²) in [5.41, 5.74) is 0.468. The van der Waals surface area contributed by atoms with Crippen LogP contribution in [0.2, 0.25) is 0 Å². The maximum atomic E-state index is 12.6. The van der Waals surface area contributed by atoms with E-state index in [4.69, 9.17) is 0 Å². The van der Waals surface area contributed by atoms with Gasteiger partial charge in [0, 0.05) is 0 Å². The van der Waals surface area contributed by atoms with Gasteiger partial charge in [-0.25, -0.2) is 9.18 Å². The highest BCUT2D eigenvalue weighted by Gasteiger charge is 2.20. The molecule has 1 unspecified atom stereocenters. The molecule has 0 bridgehead atoms. The molecule has 4 nitrogen and oxygen atoms in total. The van der Waals surface area contributed by atoms with E-state index in [0.29, 0.717) is 12.0 Å². The summed E-state index contributed by atoms with van der Waals surface area (Å²) in [6.45, 7) is 0. The standard InChI is InChI=1S/C10H10FNO3/c1-15-10(14)9(12-6-13)7-2-4-8(11)5-3-7/h2-6,9H,1H3,(H,12,13). The predicted molar refractivity (Wildman–Crippen MR) is 50.4 cm³/mol. The van der Waals surface area contributed by atoms with Crippen LogP contribution < -0.4 is 5.32 Å². The fraction of sp³-hybridized carbons (Fsp3) is 0.200. The molecule has 1 aromatic rings. The van der Waals surface area contributed by atoms with E-state index in [1.807, 2.05) is 0 Å². The fourth-order valence-corrected chi connectivity index (χ4v) is 1.14. The zero-order valence-corrected chi connectivity index (χ0v) is 8.07. The van der Waals surface area contributed by atoms with Gasteiger partial charge in [-0.2, -0.15) is 0 Å². The Labute approximate surface area is 86.0 Å². The van der Waals surface area contributed by atoms with Gasteiger partial charge in [0.05, 0.1) is 7.11 Å². The summed E-state index contributed by atoms with van der Waals surface area (Å²) < 4.78 is 17.1. The van der Waals surface area contributed by atoms with Crippen molar-refractivity contribution in [3.63, 3.8) is 0 Å². The number of nitrogens with one attached hydrogen (secondary N) is 1. The maximum Gasteiger partial charge on any atom is 0.333 e. The lowest BCUT2D eigenvalue weighted by atomic mass is 10.1. The largest absolute Gasteiger partial charge is 0.467 e. The van der Waals surface area contributed by atoms with Crippen molar-refractivity contribution in [1.82, 2.24) is 5.32 Å². The number of rotatable bonds is 4. The van der Waals surface area contributed by atoms with E-state index >= 15 is 0 Å². The Morgan fingerprint density at radius 3 is 2.53 bits per heavy atom. The highest BCUT2D eigenvalue weighted by molar-refractivity contribution is 5.79. The third kappa shape index (κ3) is 2.77. The number of halogens is 1. The highest BCUT2D eigenvalue weighted by atomic mass is 19.1. The van der Waals surface area contributed by atoms with Gasteiger partial charge in [0.15, 0.2) is 6.04 Å². The van der Waals surface area contributed by atoms with Crippen molar-refractivity contribution in [2.24, 2.45) is 0 Å². The summed E-state index contributed by atoms with van der Waals surface area (Å²) in [7, 11) is 1.21. The van der Waals surface area contributed by atoms with E-state index in [1.165, 1.54) is 31.4 Å². The molecule has 15 heavy (non-hydrogen) atoms. The van der Waals surface area contributed by atoms with Gasteiger partial charge in [0.1, 0.15) is 5.82 Å². The third-order valence-electron chi connectivity index (χ3n) is 1.87. The Hall–Kier alpha value is -1.91. The second-order valence-corrected chi connectivity index (χ2v) is 2.79. The number of hydrogen-bond acceptors (Lipinski definition) is 3. The van der Waals surface area contributed by atoms with Crippen LogP contribution in [0.25, 0.3) is 0 Å². The van der Waals surface area contributed by atoms with E-state index in [-0.39, 0.29) is 0 Å². The first-order valence-corrected chi connectivity index (χ1v) is 4.22. The van der Waals surface area contributed by atoms with Crippen molar-refractivity contribution in [3.05, 3.63) is 35.6 Å². The molecule has 0 heterocycles. The number of amides is 1. The molecule has 1 aromatic carbocycles. The molecule has 0 aliphatic rings. The third-order valence-corrected chi connectivity index (χ3v) is 1.87. The number of carbonyl (C=O) groups is 2. The lowest BCUT2D eigenvalue weighted by Crippen LogP contribution is -2.28. The number of benzene rings is 1. The first-order valence-electron chi connectivity index (χ1n) is 4.22. The molecule has 1 amide bonds. The van der Waals surface area contributed by atoms with Gasteiger partial charge in [-0.15, -0.1) is 0 Å². The topological polar surface area (TPSA) is 55.4 Å². The molecule has 0 spiro atoms. The summed E-state index contributed by atoms with van der Waals surface area (Å²) in [6.07, 6.45) is 0.394. The normalized spacial score (nSPS) is 11.6. The number of esters is 1. The SMILES string of the molecule is COC(=O)C(NC=O)c1ccc(F)cc1. The van der Waals surface area contributed by atoms with Crippen molar-refractivity contribution in [2.45, 2.75) is 6.04 Å². The summed E-state index contributed by atoms with van der Waals surface area (Å²) in [4.78, 5) is 21.5. The predicted octanol–water partition coefficient (Wildman–Crippen LogP) is 0.786. The van der Waals surface area contributed by atoms with Gasteiger partial charge in [-0.3, -0.25) is 4.79 Å².